The fraction of sp³-hybridized carbons (Fsp3) is 0.100. The number of rotatable bonds is 2. The Balaban J connectivity index is 2.66. The lowest BCUT2D eigenvalue weighted by molar-refractivity contribution is 0.624. The van der Waals surface area contributed by atoms with Crippen LogP contribution in [0, 0.1) is 5.82 Å². The third kappa shape index (κ3) is 1.77. The van der Waals surface area contributed by atoms with Gasteiger partial charge >= 0.3 is 0 Å². The van der Waals surface area contributed by atoms with E-state index in [1.807, 2.05) is 6.92 Å². The molecule has 0 aliphatic carbocycles. The molecule has 2 heterocycles. The first-order valence-corrected chi connectivity index (χ1v) is 5.47. The van der Waals surface area contributed by atoms with Crippen LogP contribution in [0.15, 0.2) is 23.4 Å². The lowest BCUT2D eigenvalue weighted by atomic mass is 10.1. The number of fused-ring (bicyclic) bond motifs is 1. The molecule has 0 aliphatic heterocycles. The number of aromatic nitrogens is 2. The van der Waals surface area contributed by atoms with Crippen LogP contribution in [0.5, 0.6) is 0 Å². The number of nitrogens with zero attached hydrogens (tertiary/aromatic N) is 1. The Kier molecular flexibility index (Phi) is 2.84. The molecule has 0 aliphatic rings. The van der Waals surface area contributed by atoms with Crippen LogP contribution in [0.1, 0.15) is 12.5 Å². The summed E-state index contributed by atoms with van der Waals surface area (Å²) >= 11 is 1.07. The van der Waals surface area contributed by atoms with Gasteiger partial charge in [-0.2, -0.15) is 0 Å². The van der Waals surface area contributed by atoms with E-state index in [4.69, 9.17) is 10.9 Å². The SMILES string of the molecule is C/C(SN)=C(/N)c1c[nH]c2ncc(F)cc12. The van der Waals surface area contributed by atoms with E-state index in [1.54, 1.807) is 6.20 Å². The minimum atomic E-state index is -0.390. The van der Waals surface area contributed by atoms with E-state index < -0.39 is 0 Å². The molecule has 2 rings (SSSR count). The maximum atomic E-state index is 13.1. The average Bonchev–Trinajstić information content (AvgIpc) is 2.69. The highest BCUT2D eigenvalue weighted by atomic mass is 32.2. The second-order valence-corrected chi connectivity index (χ2v) is 4.19. The fourth-order valence-electron chi connectivity index (χ4n) is 1.45. The third-order valence-electron chi connectivity index (χ3n) is 2.34. The molecule has 0 fully saturated rings. The van der Waals surface area contributed by atoms with Crippen molar-refractivity contribution in [3.8, 4) is 0 Å². The molecule has 0 saturated heterocycles. The van der Waals surface area contributed by atoms with Crippen LogP contribution in [0.4, 0.5) is 4.39 Å². The van der Waals surface area contributed by atoms with Crippen molar-refractivity contribution in [2.45, 2.75) is 6.92 Å². The van der Waals surface area contributed by atoms with Crippen LogP contribution in [0.2, 0.25) is 0 Å². The van der Waals surface area contributed by atoms with Gasteiger partial charge < -0.3 is 10.7 Å². The van der Waals surface area contributed by atoms with Gasteiger partial charge in [0.25, 0.3) is 0 Å². The Labute approximate surface area is 96.1 Å². The van der Waals surface area contributed by atoms with Crippen LogP contribution < -0.4 is 10.9 Å². The van der Waals surface area contributed by atoms with Gasteiger partial charge in [0.15, 0.2) is 0 Å². The Bertz CT molecular complexity index is 561. The first-order valence-electron chi connectivity index (χ1n) is 4.59. The van der Waals surface area contributed by atoms with E-state index in [1.165, 1.54) is 6.07 Å². The number of pyridine rings is 1. The molecule has 0 bridgehead atoms. The smallest absolute Gasteiger partial charge is 0.142 e. The predicted molar refractivity (Wildman–Crippen MR) is 64.6 cm³/mol. The van der Waals surface area contributed by atoms with E-state index in [0.29, 0.717) is 16.7 Å². The monoisotopic (exact) mass is 238 g/mol. The number of hydrogen-bond acceptors (Lipinski definition) is 4. The zero-order valence-corrected chi connectivity index (χ0v) is 9.44. The molecule has 0 aromatic carbocycles. The summed E-state index contributed by atoms with van der Waals surface area (Å²) in [4.78, 5) is 7.64. The number of aromatic amines is 1. The summed E-state index contributed by atoms with van der Waals surface area (Å²) in [5, 5.41) is 6.09. The van der Waals surface area contributed by atoms with Gasteiger partial charge in [-0.1, -0.05) is 11.9 Å². The maximum absolute atomic E-state index is 13.1. The van der Waals surface area contributed by atoms with E-state index in [0.717, 1.165) is 28.6 Å². The van der Waals surface area contributed by atoms with Gasteiger partial charge in [-0.05, 0) is 13.0 Å². The van der Waals surface area contributed by atoms with Crippen LogP contribution in [-0.4, -0.2) is 9.97 Å². The van der Waals surface area contributed by atoms with E-state index in [2.05, 4.69) is 9.97 Å². The number of halogens is 1. The molecule has 0 atom stereocenters. The molecule has 0 amide bonds. The Hall–Kier alpha value is -1.53. The second-order valence-electron chi connectivity index (χ2n) is 3.34. The standard InChI is InChI=1S/C10H11FN4S/c1-5(16-13)9(12)8-4-15-10-7(8)2-6(11)3-14-10/h2-4H,12-13H2,1H3,(H,14,15)/b9-5-. The lowest BCUT2D eigenvalue weighted by Crippen LogP contribution is -1.99. The molecule has 84 valence electrons. The molecule has 0 saturated carbocycles. The Morgan fingerprint density at radius 1 is 1.56 bits per heavy atom. The highest BCUT2D eigenvalue weighted by Crippen LogP contribution is 2.25. The van der Waals surface area contributed by atoms with Gasteiger partial charge in [-0.15, -0.1) is 0 Å². The van der Waals surface area contributed by atoms with E-state index >= 15 is 0 Å². The second kappa shape index (κ2) is 4.15. The molecule has 0 radical (unpaired) electrons. The molecule has 5 N–H and O–H groups in total. The minimum Gasteiger partial charge on any atom is -0.398 e. The summed E-state index contributed by atoms with van der Waals surface area (Å²) < 4.78 is 13.1. The lowest BCUT2D eigenvalue weighted by Gasteiger charge is -2.03. The van der Waals surface area contributed by atoms with Gasteiger partial charge in [-0.3, -0.25) is 5.14 Å². The third-order valence-corrected chi connectivity index (χ3v) is 2.92. The van der Waals surface area contributed by atoms with Gasteiger partial charge in [0.05, 0.1) is 11.9 Å². The minimum absolute atomic E-state index is 0.390. The van der Waals surface area contributed by atoms with Gasteiger partial charge in [0.2, 0.25) is 0 Å². The normalized spacial score (nSPS) is 12.9. The molecule has 6 heteroatoms. The quantitative estimate of drug-likeness (QED) is 0.698. The summed E-state index contributed by atoms with van der Waals surface area (Å²) in [6.45, 7) is 1.81. The van der Waals surface area contributed by atoms with Gasteiger partial charge in [0, 0.05) is 22.1 Å². The molecule has 0 spiro atoms. The first-order chi connectivity index (χ1) is 7.63. The molecule has 4 nitrogen and oxygen atoms in total. The maximum Gasteiger partial charge on any atom is 0.142 e. The van der Waals surface area contributed by atoms with Crippen molar-refractivity contribution in [3.05, 3.63) is 34.7 Å². The van der Waals surface area contributed by atoms with Crippen molar-refractivity contribution in [1.82, 2.24) is 9.97 Å². The Morgan fingerprint density at radius 2 is 2.31 bits per heavy atom. The van der Waals surface area contributed by atoms with E-state index in [9.17, 15) is 4.39 Å². The van der Waals surface area contributed by atoms with Gasteiger partial charge in [-0.25, -0.2) is 9.37 Å². The van der Waals surface area contributed by atoms with Crippen LogP contribution >= 0.6 is 11.9 Å². The van der Waals surface area contributed by atoms with Crippen molar-refractivity contribution in [1.29, 1.82) is 0 Å². The number of H-pyrrole nitrogens is 1. The number of allylic oxidation sites excluding steroid dienone is 1. The summed E-state index contributed by atoms with van der Waals surface area (Å²) in [5.74, 6) is -0.390. The topological polar surface area (TPSA) is 80.7 Å². The number of hydrogen-bond donors (Lipinski definition) is 3. The molecular weight excluding hydrogens is 227 g/mol. The summed E-state index contributed by atoms with van der Waals surface area (Å²) in [5.41, 5.74) is 7.78. The molecule has 16 heavy (non-hydrogen) atoms. The number of nitrogens with one attached hydrogen (secondary N) is 1. The first kappa shape index (κ1) is 11.0. The van der Waals surface area contributed by atoms with Crippen LogP contribution in [-0.2, 0) is 0 Å². The van der Waals surface area contributed by atoms with Crippen LogP contribution in [0.3, 0.4) is 0 Å². The van der Waals surface area contributed by atoms with Crippen LogP contribution in [0.25, 0.3) is 16.7 Å². The Morgan fingerprint density at radius 3 is 3.00 bits per heavy atom. The van der Waals surface area contributed by atoms with E-state index in [-0.39, 0.29) is 5.82 Å². The number of nitrogens with two attached hydrogens (primary N) is 2. The zero-order valence-electron chi connectivity index (χ0n) is 8.62. The van der Waals surface area contributed by atoms with Crippen molar-refractivity contribution in [3.63, 3.8) is 0 Å². The van der Waals surface area contributed by atoms with Gasteiger partial charge in [0.1, 0.15) is 11.5 Å². The fourth-order valence-corrected chi connectivity index (χ4v) is 1.69. The highest BCUT2D eigenvalue weighted by Gasteiger charge is 2.10. The largest absolute Gasteiger partial charge is 0.398 e. The van der Waals surface area contributed by atoms with Crippen molar-refractivity contribution in [2.75, 3.05) is 0 Å². The average molecular weight is 238 g/mol. The van der Waals surface area contributed by atoms with Crippen molar-refractivity contribution >= 4 is 28.7 Å². The molecule has 2 aromatic heterocycles. The zero-order chi connectivity index (χ0) is 11.7. The molecular formula is C10H11FN4S. The molecule has 2 aromatic rings. The summed E-state index contributed by atoms with van der Waals surface area (Å²) in [6, 6.07) is 1.40. The van der Waals surface area contributed by atoms with Crippen molar-refractivity contribution < 1.29 is 4.39 Å². The predicted octanol–water partition coefficient (Wildman–Crippen LogP) is 1.96. The molecule has 0 unspecified atom stereocenters. The highest BCUT2D eigenvalue weighted by molar-refractivity contribution is 8.01. The summed E-state index contributed by atoms with van der Waals surface area (Å²) in [6.07, 6.45) is 2.86. The van der Waals surface area contributed by atoms with Crippen molar-refractivity contribution in [2.24, 2.45) is 10.9 Å². The summed E-state index contributed by atoms with van der Waals surface area (Å²) in [7, 11) is 0.